The van der Waals surface area contributed by atoms with Crippen LogP contribution in [0.3, 0.4) is 0 Å². The van der Waals surface area contributed by atoms with E-state index in [0.29, 0.717) is 17.5 Å². The number of hydrogen-bond acceptors (Lipinski definition) is 4. The molecular formula is C17H14ClFN2O2. The molecule has 0 aliphatic carbocycles. The fourth-order valence-corrected chi connectivity index (χ4v) is 2.31. The monoisotopic (exact) mass is 332 g/mol. The zero-order valence-electron chi connectivity index (χ0n) is 12.6. The van der Waals surface area contributed by atoms with E-state index in [1.54, 1.807) is 6.92 Å². The van der Waals surface area contributed by atoms with Crippen LogP contribution in [0.15, 0.2) is 47.0 Å². The van der Waals surface area contributed by atoms with Gasteiger partial charge in [0.15, 0.2) is 6.10 Å². The molecule has 0 radical (unpaired) electrons. The Labute approximate surface area is 137 Å². The zero-order valence-corrected chi connectivity index (χ0v) is 13.3. The summed E-state index contributed by atoms with van der Waals surface area (Å²) in [4.78, 5) is 4.37. The number of aryl methyl sites for hydroxylation is 1. The number of benzene rings is 2. The van der Waals surface area contributed by atoms with Crippen molar-refractivity contribution in [3.8, 4) is 17.1 Å². The van der Waals surface area contributed by atoms with E-state index in [1.807, 2.05) is 31.2 Å². The minimum Gasteiger partial charge on any atom is -0.481 e. The van der Waals surface area contributed by atoms with Gasteiger partial charge in [-0.1, -0.05) is 41.0 Å². The largest absolute Gasteiger partial charge is 0.481 e. The van der Waals surface area contributed by atoms with E-state index >= 15 is 0 Å². The topological polar surface area (TPSA) is 48.2 Å². The van der Waals surface area contributed by atoms with E-state index in [0.717, 1.165) is 11.1 Å². The van der Waals surface area contributed by atoms with Crippen LogP contribution in [-0.2, 0) is 0 Å². The molecule has 2 aromatic carbocycles. The van der Waals surface area contributed by atoms with Gasteiger partial charge < -0.3 is 9.26 Å². The van der Waals surface area contributed by atoms with Crippen LogP contribution in [0.4, 0.5) is 4.39 Å². The number of rotatable bonds is 4. The Balaban J connectivity index is 1.80. The van der Waals surface area contributed by atoms with Crippen molar-refractivity contribution in [2.75, 3.05) is 0 Å². The lowest BCUT2D eigenvalue weighted by molar-refractivity contribution is 0.175. The Bertz CT molecular complexity index is 835. The van der Waals surface area contributed by atoms with E-state index in [-0.39, 0.29) is 5.02 Å². The molecule has 0 bridgehead atoms. The lowest BCUT2D eigenvalue weighted by Gasteiger charge is -2.10. The van der Waals surface area contributed by atoms with Crippen LogP contribution in [0.5, 0.6) is 5.75 Å². The molecule has 1 atom stereocenters. The first-order valence-electron chi connectivity index (χ1n) is 7.06. The fourth-order valence-electron chi connectivity index (χ4n) is 2.14. The molecule has 6 heteroatoms. The first-order valence-corrected chi connectivity index (χ1v) is 7.43. The van der Waals surface area contributed by atoms with Gasteiger partial charge in [0.1, 0.15) is 11.6 Å². The van der Waals surface area contributed by atoms with Crippen LogP contribution in [0.1, 0.15) is 24.5 Å². The van der Waals surface area contributed by atoms with Gasteiger partial charge in [-0.15, -0.1) is 0 Å². The molecule has 0 aliphatic rings. The van der Waals surface area contributed by atoms with Crippen LogP contribution in [0, 0.1) is 12.7 Å². The lowest BCUT2D eigenvalue weighted by atomic mass is 10.1. The van der Waals surface area contributed by atoms with Crippen LogP contribution < -0.4 is 4.74 Å². The predicted octanol–water partition coefficient (Wildman–Crippen LogP) is 4.98. The molecule has 0 spiro atoms. The summed E-state index contributed by atoms with van der Waals surface area (Å²) in [6.07, 6.45) is -0.484. The van der Waals surface area contributed by atoms with Crippen molar-refractivity contribution in [3.05, 3.63) is 64.8 Å². The Morgan fingerprint density at radius 2 is 2.00 bits per heavy atom. The average Bonchev–Trinajstić information content (AvgIpc) is 3.01. The van der Waals surface area contributed by atoms with Gasteiger partial charge >= 0.3 is 0 Å². The summed E-state index contributed by atoms with van der Waals surface area (Å²) in [6.45, 7) is 3.75. The normalized spacial score (nSPS) is 12.2. The van der Waals surface area contributed by atoms with Crippen molar-refractivity contribution >= 4 is 11.6 Å². The molecule has 0 N–H and O–H groups in total. The average molecular weight is 333 g/mol. The maximum atomic E-state index is 13.2. The SMILES string of the molecule is Cc1ccccc1-c1noc([C@@H](C)Oc2ccc(F)c(Cl)c2)n1. The van der Waals surface area contributed by atoms with Crippen LogP contribution >= 0.6 is 11.6 Å². The molecule has 3 aromatic rings. The first-order chi connectivity index (χ1) is 11.0. The summed E-state index contributed by atoms with van der Waals surface area (Å²) >= 11 is 5.74. The molecule has 4 nitrogen and oxygen atoms in total. The van der Waals surface area contributed by atoms with E-state index in [2.05, 4.69) is 10.1 Å². The Morgan fingerprint density at radius 1 is 1.22 bits per heavy atom. The third-order valence-corrected chi connectivity index (χ3v) is 3.67. The van der Waals surface area contributed by atoms with Crippen molar-refractivity contribution in [2.45, 2.75) is 20.0 Å². The molecule has 1 heterocycles. The molecule has 0 unspecified atom stereocenters. The van der Waals surface area contributed by atoms with E-state index < -0.39 is 11.9 Å². The predicted molar refractivity (Wildman–Crippen MR) is 84.9 cm³/mol. The molecule has 118 valence electrons. The van der Waals surface area contributed by atoms with E-state index in [4.69, 9.17) is 20.9 Å². The van der Waals surface area contributed by atoms with Gasteiger partial charge in [-0.2, -0.15) is 4.98 Å². The summed E-state index contributed by atoms with van der Waals surface area (Å²) in [5.41, 5.74) is 1.96. The van der Waals surface area contributed by atoms with E-state index in [1.165, 1.54) is 18.2 Å². The second kappa shape index (κ2) is 6.38. The fraction of sp³-hybridized carbons (Fsp3) is 0.176. The summed E-state index contributed by atoms with van der Waals surface area (Å²) in [7, 11) is 0. The minimum absolute atomic E-state index is 0.000767. The smallest absolute Gasteiger partial charge is 0.267 e. The Kier molecular flexibility index (Phi) is 4.30. The number of hydrogen-bond donors (Lipinski definition) is 0. The van der Waals surface area contributed by atoms with E-state index in [9.17, 15) is 4.39 Å². The van der Waals surface area contributed by atoms with Gasteiger partial charge in [-0.05, 0) is 31.5 Å². The lowest BCUT2D eigenvalue weighted by Crippen LogP contribution is -2.03. The molecule has 0 amide bonds. The molecule has 23 heavy (non-hydrogen) atoms. The molecule has 3 rings (SSSR count). The maximum absolute atomic E-state index is 13.2. The third kappa shape index (κ3) is 3.35. The first kappa shape index (κ1) is 15.5. The van der Waals surface area contributed by atoms with Crippen LogP contribution in [0.2, 0.25) is 5.02 Å². The molecule has 0 aliphatic heterocycles. The molecule has 1 aromatic heterocycles. The molecule has 0 saturated heterocycles. The minimum atomic E-state index is -0.494. The number of ether oxygens (including phenoxy) is 1. The number of aromatic nitrogens is 2. The number of halogens is 2. The quantitative estimate of drug-likeness (QED) is 0.676. The van der Waals surface area contributed by atoms with Crippen molar-refractivity contribution < 1.29 is 13.7 Å². The third-order valence-electron chi connectivity index (χ3n) is 3.38. The Hall–Kier alpha value is -2.40. The Morgan fingerprint density at radius 3 is 2.74 bits per heavy atom. The summed E-state index contributed by atoms with van der Waals surface area (Å²) in [5.74, 6) is 0.778. The van der Waals surface area contributed by atoms with Crippen molar-refractivity contribution in [2.24, 2.45) is 0 Å². The van der Waals surface area contributed by atoms with Gasteiger partial charge in [0.2, 0.25) is 5.82 Å². The molecule has 0 fully saturated rings. The second-order valence-electron chi connectivity index (χ2n) is 5.11. The van der Waals surface area contributed by atoms with Gasteiger partial charge in [0.05, 0.1) is 5.02 Å². The molecular weight excluding hydrogens is 319 g/mol. The highest BCUT2D eigenvalue weighted by molar-refractivity contribution is 6.30. The van der Waals surface area contributed by atoms with Crippen molar-refractivity contribution in [3.63, 3.8) is 0 Å². The number of nitrogens with zero attached hydrogens (tertiary/aromatic N) is 2. The van der Waals surface area contributed by atoms with Gasteiger partial charge in [0.25, 0.3) is 5.89 Å². The standard InChI is InChI=1S/C17H14ClFN2O2/c1-10-5-3-4-6-13(10)16-20-17(23-21-16)11(2)22-12-7-8-15(19)14(18)9-12/h3-9,11H,1-2H3/t11-/m1/s1. The summed E-state index contributed by atoms with van der Waals surface area (Å²) in [6, 6.07) is 11.9. The zero-order chi connectivity index (χ0) is 16.4. The summed E-state index contributed by atoms with van der Waals surface area (Å²) in [5, 5.41) is 3.99. The van der Waals surface area contributed by atoms with Crippen LogP contribution in [0.25, 0.3) is 11.4 Å². The van der Waals surface area contributed by atoms with Gasteiger partial charge in [-0.25, -0.2) is 4.39 Å². The molecule has 0 saturated carbocycles. The second-order valence-corrected chi connectivity index (χ2v) is 5.51. The van der Waals surface area contributed by atoms with Crippen LogP contribution in [-0.4, -0.2) is 10.1 Å². The summed E-state index contributed by atoms with van der Waals surface area (Å²) < 4.78 is 24.1. The van der Waals surface area contributed by atoms with Crippen molar-refractivity contribution in [1.82, 2.24) is 10.1 Å². The van der Waals surface area contributed by atoms with Crippen molar-refractivity contribution in [1.29, 1.82) is 0 Å². The van der Waals surface area contributed by atoms with Gasteiger partial charge in [0, 0.05) is 11.6 Å². The highest BCUT2D eigenvalue weighted by atomic mass is 35.5. The van der Waals surface area contributed by atoms with Gasteiger partial charge in [-0.3, -0.25) is 0 Å². The maximum Gasteiger partial charge on any atom is 0.267 e. The highest BCUT2D eigenvalue weighted by Crippen LogP contribution is 2.27. The highest BCUT2D eigenvalue weighted by Gasteiger charge is 2.18.